The molecular weight excluding hydrogens is 266 g/mol. The lowest BCUT2D eigenvalue weighted by atomic mass is 10.1. The van der Waals surface area contributed by atoms with Gasteiger partial charge in [0.15, 0.2) is 6.61 Å². The summed E-state index contributed by atoms with van der Waals surface area (Å²) in [5, 5.41) is 2.83. The number of ether oxygens (including phenoxy) is 1. The third kappa shape index (κ3) is 6.58. The van der Waals surface area contributed by atoms with Gasteiger partial charge >= 0.3 is 0 Å². The largest absolute Gasteiger partial charge is 0.482 e. The standard InChI is InChI=1S/C16H27N3O2/c1-5-13(17)8-14-15(7-6-12(4)19-14)21-10-16(20)18-9-11(2)3/h6-7,11,13H,5,8-10,17H2,1-4H3,(H,18,20). The number of amides is 1. The fraction of sp³-hybridized carbons (Fsp3) is 0.625. The monoisotopic (exact) mass is 293 g/mol. The van der Waals surface area contributed by atoms with Gasteiger partial charge in [-0.15, -0.1) is 0 Å². The van der Waals surface area contributed by atoms with Crippen molar-refractivity contribution in [3.63, 3.8) is 0 Å². The average Bonchev–Trinajstić information content (AvgIpc) is 2.44. The summed E-state index contributed by atoms with van der Waals surface area (Å²) in [5.74, 6) is 0.951. The molecule has 1 rings (SSSR count). The van der Waals surface area contributed by atoms with Gasteiger partial charge in [0.1, 0.15) is 5.75 Å². The van der Waals surface area contributed by atoms with E-state index in [0.717, 1.165) is 17.8 Å². The molecule has 1 aromatic heterocycles. The Balaban J connectivity index is 2.63. The van der Waals surface area contributed by atoms with Gasteiger partial charge in [-0.2, -0.15) is 0 Å². The van der Waals surface area contributed by atoms with E-state index < -0.39 is 0 Å². The summed E-state index contributed by atoms with van der Waals surface area (Å²) in [6.45, 7) is 8.73. The summed E-state index contributed by atoms with van der Waals surface area (Å²) < 4.78 is 5.60. The number of aryl methyl sites for hydroxylation is 1. The molecule has 0 spiro atoms. The maximum absolute atomic E-state index is 11.7. The maximum atomic E-state index is 11.7. The van der Waals surface area contributed by atoms with Crippen molar-refractivity contribution in [3.05, 3.63) is 23.5 Å². The molecule has 1 heterocycles. The molecule has 0 saturated heterocycles. The van der Waals surface area contributed by atoms with Crippen LogP contribution < -0.4 is 15.8 Å². The number of pyridine rings is 1. The first kappa shape index (κ1) is 17.4. The molecular formula is C16H27N3O2. The number of rotatable bonds is 8. The van der Waals surface area contributed by atoms with Crippen LogP contribution in [0.4, 0.5) is 0 Å². The van der Waals surface area contributed by atoms with E-state index in [1.807, 2.05) is 26.0 Å². The average molecular weight is 293 g/mol. The van der Waals surface area contributed by atoms with E-state index in [4.69, 9.17) is 10.5 Å². The molecule has 1 atom stereocenters. The summed E-state index contributed by atoms with van der Waals surface area (Å²) >= 11 is 0. The Morgan fingerprint density at radius 1 is 1.43 bits per heavy atom. The second-order valence-corrected chi connectivity index (χ2v) is 5.76. The van der Waals surface area contributed by atoms with Gasteiger partial charge in [-0.25, -0.2) is 0 Å². The second kappa shape index (κ2) is 8.62. The van der Waals surface area contributed by atoms with Crippen molar-refractivity contribution in [2.75, 3.05) is 13.2 Å². The molecule has 0 radical (unpaired) electrons. The molecule has 0 aliphatic carbocycles. The minimum atomic E-state index is -0.116. The van der Waals surface area contributed by atoms with Crippen LogP contribution >= 0.6 is 0 Å². The molecule has 1 unspecified atom stereocenters. The van der Waals surface area contributed by atoms with Gasteiger partial charge in [0.05, 0.1) is 5.69 Å². The van der Waals surface area contributed by atoms with E-state index in [1.165, 1.54) is 0 Å². The van der Waals surface area contributed by atoms with Gasteiger partial charge in [-0.3, -0.25) is 9.78 Å². The highest BCUT2D eigenvalue weighted by atomic mass is 16.5. The zero-order chi connectivity index (χ0) is 15.8. The first-order valence-corrected chi connectivity index (χ1v) is 7.54. The zero-order valence-corrected chi connectivity index (χ0v) is 13.5. The minimum absolute atomic E-state index is 0.00578. The smallest absolute Gasteiger partial charge is 0.257 e. The Labute approximate surface area is 127 Å². The van der Waals surface area contributed by atoms with Crippen LogP contribution in [0.25, 0.3) is 0 Å². The van der Waals surface area contributed by atoms with Crippen molar-refractivity contribution in [1.82, 2.24) is 10.3 Å². The highest BCUT2D eigenvalue weighted by molar-refractivity contribution is 5.77. The zero-order valence-electron chi connectivity index (χ0n) is 13.5. The lowest BCUT2D eigenvalue weighted by molar-refractivity contribution is -0.123. The third-order valence-corrected chi connectivity index (χ3v) is 3.12. The molecule has 0 bridgehead atoms. The van der Waals surface area contributed by atoms with Crippen molar-refractivity contribution in [2.45, 2.75) is 46.6 Å². The maximum Gasteiger partial charge on any atom is 0.257 e. The van der Waals surface area contributed by atoms with E-state index in [9.17, 15) is 4.79 Å². The Kier molecular flexibility index (Phi) is 7.15. The van der Waals surface area contributed by atoms with Gasteiger partial charge in [-0.1, -0.05) is 20.8 Å². The van der Waals surface area contributed by atoms with Crippen LogP contribution in [0.5, 0.6) is 5.75 Å². The van der Waals surface area contributed by atoms with Crippen molar-refractivity contribution in [3.8, 4) is 5.75 Å². The summed E-state index contributed by atoms with van der Waals surface area (Å²) in [6.07, 6.45) is 1.53. The van der Waals surface area contributed by atoms with Crippen LogP contribution in [0.1, 0.15) is 38.6 Å². The van der Waals surface area contributed by atoms with Gasteiger partial charge in [0.2, 0.25) is 0 Å². The summed E-state index contributed by atoms with van der Waals surface area (Å²) in [4.78, 5) is 16.2. The summed E-state index contributed by atoms with van der Waals surface area (Å²) in [7, 11) is 0. The molecule has 5 nitrogen and oxygen atoms in total. The fourth-order valence-electron chi connectivity index (χ4n) is 1.78. The Morgan fingerprint density at radius 2 is 2.14 bits per heavy atom. The molecule has 5 heteroatoms. The summed E-state index contributed by atoms with van der Waals surface area (Å²) in [5.41, 5.74) is 7.73. The molecule has 0 aliphatic rings. The Morgan fingerprint density at radius 3 is 2.76 bits per heavy atom. The number of nitrogens with zero attached hydrogens (tertiary/aromatic N) is 1. The van der Waals surface area contributed by atoms with Crippen LogP contribution in [-0.2, 0) is 11.2 Å². The number of aromatic nitrogens is 1. The number of nitrogens with two attached hydrogens (primary N) is 1. The first-order valence-electron chi connectivity index (χ1n) is 7.54. The quantitative estimate of drug-likeness (QED) is 0.766. The van der Waals surface area contributed by atoms with E-state index in [1.54, 1.807) is 0 Å². The van der Waals surface area contributed by atoms with E-state index in [2.05, 4.69) is 24.1 Å². The molecule has 21 heavy (non-hydrogen) atoms. The topological polar surface area (TPSA) is 77.2 Å². The second-order valence-electron chi connectivity index (χ2n) is 5.76. The van der Waals surface area contributed by atoms with Crippen LogP contribution in [0.2, 0.25) is 0 Å². The van der Waals surface area contributed by atoms with E-state index >= 15 is 0 Å². The number of hydrogen-bond acceptors (Lipinski definition) is 4. The minimum Gasteiger partial charge on any atom is -0.482 e. The number of hydrogen-bond donors (Lipinski definition) is 2. The Hall–Kier alpha value is -1.62. The van der Waals surface area contributed by atoms with Gasteiger partial charge in [-0.05, 0) is 31.4 Å². The van der Waals surface area contributed by atoms with Crippen molar-refractivity contribution in [1.29, 1.82) is 0 Å². The number of carbonyl (C=O) groups is 1. The highest BCUT2D eigenvalue weighted by Gasteiger charge is 2.11. The van der Waals surface area contributed by atoms with E-state index in [0.29, 0.717) is 24.6 Å². The lowest BCUT2D eigenvalue weighted by Crippen LogP contribution is -2.32. The fourth-order valence-corrected chi connectivity index (χ4v) is 1.78. The molecule has 0 fully saturated rings. The molecule has 118 valence electrons. The SMILES string of the molecule is CCC(N)Cc1nc(C)ccc1OCC(=O)NCC(C)C. The van der Waals surface area contributed by atoms with Crippen LogP contribution in [0.3, 0.4) is 0 Å². The highest BCUT2D eigenvalue weighted by Crippen LogP contribution is 2.18. The lowest BCUT2D eigenvalue weighted by Gasteiger charge is -2.14. The van der Waals surface area contributed by atoms with Crippen LogP contribution in [0, 0.1) is 12.8 Å². The molecule has 1 amide bonds. The van der Waals surface area contributed by atoms with Crippen molar-refractivity contribution in [2.24, 2.45) is 11.7 Å². The molecule has 3 N–H and O–H groups in total. The van der Waals surface area contributed by atoms with E-state index in [-0.39, 0.29) is 18.6 Å². The predicted molar refractivity (Wildman–Crippen MR) is 84.3 cm³/mol. The molecule has 0 aliphatic heterocycles. The number of carbonyl (C=O) groups excluding carboxylic acids is 1. The Bertz CT molecular complexity index is 461. The number of nitrogens with one attached hydrogen (secondary N) is 1. The molecule has 0 saturated carbocycles. The van der Waals surface area contributed by atoms with Crippen molar-refractivity contribution >= 4 is 5.91 Å². The summed E-state index contributed by atoms with van der Waals surface area (Å²) in [6, 6.07) is 3.79. The normalized spacial score (nSPS) is 12.3. The van der Waals surface area contributed by atoms with Gasteiger partial charge in [0.25, 0.3) is 5.91 Å². The molecule has 1 aromatic rings. The van der Waals surface area contributed by atoms with Crippen LogP contribution in [-0.4, -0.2) is 30.1 Å². The molecule has 0 aromatic carbocycles. The first-order chi connectivity index (χ1) is 9.92. The van der Waals surface area contributed by atoms with Crippen molar-refractivity contribution < 1.29 is 9.53 Å². The van der Waals surface area contributed by atoms with Crippen LogP contribution in [0.15, 0.2) is 12.1 Å². The third-order valence-electron chi connectivity index (χ3n) is 3.12. The van der Waals surface area contributed by atoms with Gasteiger partial charge in [0, 0.05) is 24.7 Å². The van der Waals surface area contributed by atoms with Gasteiger partial charge < -0.3 is 15.8 Å². The predicted octanol–water partition coefficient (Wildman–Crippen LogP) is 1.82.